The summed E-state index contributed by atoms with van der Waals surface area (Å²) in [6.07, 6.45) is -4.34. The summed E-state index contributed by atoms with van der Waals surface area (Å²) in [7, 11) is 0. The largest absolute Gasteiger partial charge is 0.416 e. The first-order valence-corrected chi connectivity index (χ1v) is 5.65. The van der Waals surface area contributed by atoms with Gasteiger partial charge in [0.05, 0.1) is 5.56 Å². The summed E-state index contributed by atoms with van der Waals surface area (Å²) in [5.74, 6) is 0. The number of rotatable bonds is 3. The minimum atomic E-state index is -4.34. The molecule has 0 bridgehead atoms. The fourth-order valence-electron chi connectivity index (χ4n) is 1.65. The molecule has 0 heterocycles. The molecule has 98 valence electrons. The summed E-state index contributed by atoms with van der Waals surface area (Å²) in [4.78, 5) is 0. The van der Waals surface area contributed by atoms with Crippen molar-refractivity contribution < 1.29 is 13.2 Å². The predicted molar refractivity (Wildman–Crippen MR) is 70.5 cm³/mol. The van der Waals surface area contributed by atoms with E-state index in [0.29, 0.717) is 11.3 Å². The normalized spacial score (nSPS) is 11.1. The first kappa shape index (κ1) is 13.2. The summed E-state index contributed by atoms with van der Waals surface area (Å²) < 4.78 is 37.8. The lowest BCUT2D eigenvalue weighted by Gasteiger charge is -2.12. The monoisotopic (exact) mass is 263 g/mol. The van der Waals surface area contributed by atoms with E-state index in [1.54, 1.807) is 6.07 Å². The van der Waals surface area contributed by atoms with Gasteiger partial charge in [-0.25, -0.2) is 0 Å². The molecule has 4 heteroatoms. The fourth-order valence-corrected chi connectivity index (χ4v) is 1.65. The zero-order valence-corrected chi connectivity index (χ0v) is 10.0. The van der Waals surface area contributed by atoms with Crippen molar-refractivity contribution in [3.8, 4) is 0 Å². The van der Waals surface area contributed by atoms with Crippen LogP contribution in [0.2, 0.25) is 0 Å². The number of para-hydroxylation sites is 1. The van der Waals surface area contributed by atoms with Gasteiger partial charge in [-0.05, 0) is 29.8 Å². The van der Waals surface area contributed by atoms with Gasteiger partial charge in [-0.2, -0.15) is 13.2 Å². The molecule has 1 nitrogen and oxygen atoms in total. The molecule has 0 aliphatic heterocycles. The van der Waals surface area contributed by atoms with Gasteiger partial charge >= 0.3 is 6.18 Å². The smallest absolute Gasteiger partial charge is 0.356 e. The Labute approximate surface area is 109 Å². The molecule has 1 N–H and O–H groups in total. The van der Waals surface area contributed by atoms with E-state index in [4.69, 9.17) is 0 Å². The van der Waals surface area contributed by atoms with E-state index in [-0.39, 0.29) is 0 Å². The van der Waals surface area contributed by atoms with Crippen LogP contribution >= 0.6 is 0 Å². The van der Waals surface area contributed by atoms with E-state index in [1.807, 2.05) is 30.3 Å². The van der Waals surface area contributed by atoms with Crippen molar-refractivity contribution in [1.82, 2.24) is 0 Å². The van der Waals surface area contributed by atoms with Crippen LogP contribution in [0.5, 0.6) is 0 Å². The molecule has 2 rings (SSSR count). The summed E-state index contributed by atoms with van der Waals surface area (Å²) in [5.41, 5.74) is 0.946. The van der Waals surface area contributed by atoms with Crippen molar-refractivity contribution in [1.29, 1.82) is 0 Å². The molecular formula is C15H12F3N. The van der Waals surface area contributed by atoms with Crippen LogP contribution in [-0.4, -0.2) is 0 Å². The standard InChI is InChI=1S/C15H12F3N/c1-11(19-14-8-3-2-4-9-14)12-6-5-7-13(10-12)15(16,17)18/h2-10,19H,1H2. The van der Waals surface area contributed by atoms with E-state index < -0.39 is 11.7 Å². The topological polar surface area (TPSA) is 12.0 Å². The quantitative estimate of drug-likeness (QED) is 0.839. The van der Waals surface area contributed by atoms with Gasteiger partial charge in [-0.1, -0.05) is 36.9 Å². The first-order valence-electron chi connectivity index (χ1n) is 5.65. The lowest BCUT2D eigenvalue weighted by Crippen LogP contribution is -2.06. The van der Waals surface area contributed by atoms with E-state index in [1.165, 1.54) is 6.07 Å². The third-order valence-corrected chi connectivity index (χ3v) is 2.61. The average molecular weight is 263 g/mol. The van der Waals surface area contributed by atoms with Crippen LogP contribution in [0.4, 0.5) is 18.9 Å². The zero-order chi connectivity index (χ0) is 13.9. The van der Waals surface area contributed by atoms with Gasteiger partial charge in [-0.3, -0.25) is 0 Å². The third kappa shape index (κ3) is 3.37. The van der Waals surface area contributed by atoms with E-state index in [2.05, 4.69) is 11.9 Å². The van der Waals surface area contributed by atoms with Gasteiger partial charge in [0.15, 0.2) is 0 Å². The molecule has 0 aliphatic carbocycles. The zero-order valence-electron chi connectivity index (χ0n) is 10.0. The molecule has 0 aromatic heterocycles. The SMILES string of the molecule is C=C(Nc1ccccc1)c1cccc(C(F)(F)F)c1. The second-order valence-corrected chi connectivity index (χ2v) is 4.05. The molecule has 19 heavy (non-hydrogen) atoms. The summed E-state index contributed by atoms with van der Waals surface area (Å²) in [6.45, 7) is 3.76. The van der Waals surface area contributed by atoms with E-state index in [0.717, 1.165) is 17.8 Å². The highest BCUT2D eigenvalue weighted by molar-refractivity contribution is 5.75. The minimum Gasteiger partial charge on any atom is -0.356 e. The molecule has 0 unspecified atom stereocenters. The van der Waals surface area contributed by atoms with Crippen LogP contribution in [0.15, 0.2) is 61.2 Å². The van der Waals surface area contributed by atoms with Crippen molar-refractivity contribution in [3.63, 3.8) is 0 Å². The Balaban J connectivity index is 2.20. The highest BCUT2D eigenvalue weighted by Crippen LogP contribution is 2.30. The number of nitrogens with one attached hydrogen (secondary N) is 1. The molecule has 0 saturated heterocycles. The van der Waals surface area contributed by atoms with Crippen molar-refractivity contribution in [2.75, 3.05) is 5.32 Å². The average Bonchev–Trinajstić information content (AvgIpc) is 2.39. The van der Waals surface area contributed by atoms with Crippen LogP contribution in [0.3, 0.4) is 0 Å². The Bertz CT molecular complexity index is 573. The number of hydrogen-bond acceptors (Lipinski definition) is 1. The van der Waals surface area contributed by atoms with Crippen molar-refractivity contribution in [2.24, 2.45) is 0 Å². The summed E-state index contributed by atoms with van der Waals surface area (Å²) >= 11 is 0. The van der Waals surface area contributed by atoms with Crippen molar-refractivity contribution >= 4 is 11.4 Å². The fraction of sp³-hybridized carbons (Fsp3) is 0.0667. The maximum Gasteiger partial charge on any atom is 0.416 e. The molecule has 0 saturated carbocycles. The number of hydrogen-bond donors (Lipinski definition) is 1. The van der Waals surface area contributed by atoms with Crippen LogP contribution in [0.25, 0.3) is 5.70 Å². The molecule has 0 fully saturated rings. The lowest BCUT2D eigenvalue weighted by molar-refractivity contribution is -0.137. The van der Waals surface area contributed by atoms with Crippen LogP contribution < -0.4 is 5.32 Å². The van der Waals surface area contributed by atoms with Crippen LogP contribution in [-0.2, 0) is 6.18 Å². The van der Waals surface area contributed by atoms with Crippen LogP contribution in [0, 0.1) is 0 Å². The number of anilines is 1. The Hall–Kier alpha value is -2.23. The van der Waals surface area contributed by atoms with E-state index >= 15 is 0 Å². The molecule has 0 radical (unpaired) electrons. The predicted octanol–water partition coefficient (Wildman–Crippen LogP) is 4.79. The van der Waals surface area contributed by atoms with E-state index in [9.17, 15) is 13.2 Å². The first-order chi connectivity index (χ1) is 8.97. The van der Waals surface area contributed by atoms with Crippen molar-refractivity contribution in [2.45, 2.75) is 6.18 Å². The molecule has 0 atom stereocenters. The number of halogens is 3. The second kappa shape index (κ2) is 5.18. The second-order valence-electron chi connectivity index (χ2n) is 4.05. The molecule has 0 spiro atoms. The summed E-state index contributed by atoms with van der Waals surface area (Å²) in [5, 5.41) is 2.98. The molecule has 2 aromatic rings. The van der Waals surface area contributed by atoms with Gasteiger partial charge < -0.3 is 5.32 Å². The summed E-state index contributed by atoms with van der Waals surface area (Å²) in [6, 6.07) is 14.3. The van der Waals surface area contributed by atoms with Gasteiger partial charge in [0.25, 0.3) is 0 Å². The Morgan fingerprint density at radius 2 is 1.63 bits per heavy atom. The van der Waals surface area contributed by atoms with Gasteiger partial charge in [0.1, 0.15) is 0 Å². The lowest BCUT2D eigenvalue weighted by atomic mass is 10.1. The Morgan fingerprint density at radius 1 is 0.947 bits per heavy atom. The molecule has 0 aliphatic rings. The highest BCUT2D eigenvalue weighted by Gasteiger charge is 2.30. The number of alkyl halides is 3. The maximum atomic E-state index is 12.6. The molecular weight excluding hydrogens is 251 g/mol. The molecule has 2 aromatic carbocycles. The number of benzene rings is 2. The highest BCUT2D eigenvalue weighted by atomic mass is 19.4. The minimum absolute atomic E-state index is 0.415. The van der Waals surface area contributed by atoms with Gasteiger partial charge in [0, 0.05) is 11.4 Å². The third-order valence-electron chi connectivity index (χ3n) is 2.61. The Morgan fingerprint density at radius 3 is 2.26 bits per heavy atom. The molecule has 0 amide bonds. The maximum absolute atomic E-state index is 12.6. The van der Waals surface area contributed by atoms with Gasteiger partial charge in [0.2, 0.25) is 0 Å². The van der Waals surface area contributed by atoms with Crippen LogP contribution in [0.1, 0.15) is 11.1 Å². The van der Waals surface area contributed by atoms with Gasteiger partial charge in [-0.15, -0.1) is 0 Å². The Kier molecular flexibility index (Phi) is 3.60. The van der Waals surface area contributed by atoms with Crippen molar-refractivity contribution in [3.05, 3.63) is 72.3 Å².